The van der Waals surface area contributed by atoms with Crippen molar-refractivity contribution in [3.8, 4) is 6.07 Å². The van der Waals surface area contributed by atoms with Crippen LogP contribution in [0.2, 0.25) is 0 Å². The van der Waals surface area contributed by atoms with Crippen molar-refractivity contribution in [1.82, 2.24) is 0 Å². The minimum atomic E-state index is 0.0182. The fourth-order valence-electron chi connectivity index (χ4n) is 7.54. The Kier molecular flexibility index (Phi) is 6.06. The maximum absolute atomic E-state index is 9.95. The average Bonchev–Trinajstić information content (AvgIpc) is 3.08. The number of para-hydroxylation sites is 2. The molecular weight excluding hydrogens is 523 g/mol. The van der Waals surface area contributed by atoms with E-state index >= 15 is 0 Å². The smallest absolute Gasteiger partial charge is 0.252 e. The summed E-state index contributed by atoms with van der Waals surface area (Å²) in [6.45, 7) is 7.75. The molecule has 0 N–H and O–H groups in total. The lowest BCUT2D eigenvalue weighted by atomic mass is 9.33. The zero-order valence-electron chi connectivity index (χ0n) is 23.9. The van der Waals surface area contributed by atoms with Crippen LogP contribution in [0.4, 0.5) is 39.8 Å². The third-order valence-corrected chi connectivity index (χ3v) is 9.44. The highest BCUT2D eigenvalue weighted by Gasteiger charge is 2.43. The first kappa shape index (κ1) is 25.5. The molecule has 0 unspecified atom stereocenters. The molecule has 0 amide bonds. The number of hydrogen-bond acceptors (Lipinski definition) is 3. The summed E-state index contributed by atoms with van der Waals surface area (Å²) in [5.41, 5.74) is 13.0. The molecule has 5 aromatic rings. The maximum Gasteiger partial charge on any atom is 0.252 e. The Labute approximate surface area is 253 Å². The zero-order valence-corrected chi connectivity index (χ0v) is 23.9. The van der Waals surface area contributed by atoms with Gasteiger partial charge in [0.2, 0.25) is 0 Å². The third-order valence-electron chi connectivity index (χ3n) is 9.44. The molecule has 3 aliphatic rings. The lowest BCUT2D eigenvalue weighted by Crippen LogP contribution is -2.61. The second-order valence-electron chi connectivity index (χ2n) is 11.8. The summed E-state index contributed by atoms with van der Waals surface area (Å²) in [6, 6.07) is 40.7. The van der Waals surface area contributed by atoms with Crippen LogP contribution in [-0.4, -0.2) is 6.71 Å². The largest absolute Gasteiger partial charge is 0.313 e. The fraction of sp³-hybridized carbons (Fsp3) is 0.158. The monoisotopic (exact) mass is 552 g/mol. The number of fused-ring (bicyclic) bond motifs is 4. The van der Waals surface area contributed by atoms with E-state index in [-0.39, 0.29) is 6.71 Å². The number of hydrogen-bond donors (Lipinski definition) is 0. The summed E-state index contributed by atoms with van der Waals surface area (Å²) < 4.78 is 0. The summed E-state index contributed by atoms with van der Waals surface area (Å²) in [4.78, 5) is 8.53. The van der Waals surface area contributed by atoms with E-state index in [0.717, 1.165) is 22.7 Å². The Morgan fingerprint density at radius 2 is 1.37 bits per heavy atom. The van der Waals surface area contributed by atoms with E-state index in [4.69, 9.17) is 6.57 Å². The van der Waals surface area contributed by atoms with Crippen LogP contribution in [0.15, 0.2) is 109 Å². The van der Waals surface area contributed by atoms with Gasteiger partial charge in [-0.05, 0) is 95.3 Å². The Morgan fingerprint density at radius 1 is 0.674 bits per heavy atom. The standard InChI is InChI=1S/C38H29BN4/c1-41-29-13-10-16-31(24-29)43-34-18-9-8-17-32(34)39-33-20-19-26(25-40)21-35(33)42(30-14-6-3-7-15-30)36-22-28(23-37(43)38(36)39)27-11-4-2-5-12-27/h3,6-10,13-24,27H,2,4-5,11-12H2. The quantitative estimate of drug-likeness (QED) is 0.164. The number of anilines is 6. The molecule has 2 aliphatic heterocycles. The molecular formula is C38H29BN4. The van der Waals surface area contributed by atoms with E-state index in [2.05, 4.69) is 106 Å². The van der Waals surface area contributed by atoms with Crippen molar-refractivity contribution >= 4 is 62.9 Å². The van der Waals surface area contributed by atoms with Gasteiger partial charge in [-0.3, -0.25) is 0 Å². The van der Waals surface area contributed by atoms with Gasteiger partial charge in [-0.25, -0.2) is 4.85 Å². The molecule has 1 saturated carbocycles. The molecule has 43 heavy (non-hydrogen) atoms. The Hall–Kier alpha value is -5.26. The Balaban J connectivity index is 1.48. The van der Waals surface area contributed by atoms with Gasteiger partial charge in [-0.2, -0.15) is 5.26 Å². The first-order valence-corrected chi connectivity index (χ1v) is 15.2. The van der Waals surface area contributed by atoms with Crippen molar-refractivity contribution < 1.29 is 0 Å². The van der Waals surface area contributed by atoms with Gasteiger partial charge in [0.1, 0.15) is 0 Å². The molecule has 5 heteroatoms. The van der Waals surface area contributed by atoms with Crippen LogP contribution in [0.1, 0.15) is 49.1 Å². The SMILES string of the molecule is [C-]#[N+]c1cccc(N2c3ccccc3B3c4ccc(C#N)cc4N(c4ccccc4)c4cc(C5CCCCC5)cc2c43)c1. The van der Waals surface area contributed by atoms with Crippen LogP contribution < -0.4 is 26.2 Å². The van der Waals surface area contributed by atoms with Crippen molar-refractivity contribution in [3.63, 3.8) is 0 Å². The highest BCUT2D eigenvalue weighted by Crippen LogP contribution is 2.47. The average molecular weight is 552 g/mol. The van der Waals surface area contributed by atoms with E-state index < -0.39 is 0 Å². The summed E-state index contributed by atoms with van der Waals surface area (Å²) in [5.74, 6) is 0.506. The van der Waals surface area contributed by atoms with Gasteiger partial charge in [-0.15, -0.1) is 0 Å². The minimum Gasteiger partial charge on any atom is -0.313 e. The van der Waals surface area contributed by atoms with Crippen molar-refractivity contribution in [2.75, 3.05) is 9.80 Å². The third kappa shape index (κ3) is 4.04. The van der Waals surface area contributed by atoms with Gasteiger partial charge >= 0.3 is 0 Å². The Morgan fingerprint density at radius 3 is 2.14 bits per heavy atom. The zero-order chi connectivity index (χ0) is 28.9. The number of nitrogens with zero attached hydrogens (tertiary/aromatic N) is 4. The highest BCUT2D eigenvalue weighted by molar-refractivity contribution is 7.00. The van der Waals surface area contributed by atoms with Gasteiger partial charge in [-0.1, -0.05) is 73.9 Å². The molecule has 0 atom stereocenters. The number of benzene rings is 5. The van der Waals surface area contributed by atoms with E-state index in [0.29, 0.717) is 17.2 Å². The van der Waals surface area contributed by atoms with Crippen molar-refractivity contribution in [1.29, 1.82) is 5.26 Å². The molecule has 2 heterocycles. The topological polar surface area (TPSA) is 34.6 Å². The van der Waals surface area contributed by atoms with Crippen molar-refractivity contribution in [2.24, 2.45) is 0 Å². The minimum absolute atomic E-state index is 0.0182. The molecule has 0 aromatic heterocycles. The fourth-order valence-corrected chi connectivity index (χ4v) is 7.54. The van der Waals surface area contributed by atoms with E-state index in [1.807, 2.05) is 24.3 Å². The van der Waals surface area contributed by atoms with E-state index in [9.17, 15) is 5.26 Å². The first-order chi connectivity index (χ1) is 21.2. The summed E-state index contributed by atoms with van der Waals surface area (Å²) in [5, 5.41) is 9.95. The summed E-state index contributed by atoms with van der Waals surface area (Å²) >= 11 is 0. The van der Waals surface area contributed by atoms with Crippen LogP contribution in [-0.2, 0) is 0 Å². The summed E-state index contributed by atoms with van der Waals surface area (Å²) in [6.07, 6.45) is 6.23. The second kappa shape index (κ2) is 10.2. The molecule has 0 saturated heterocycles. The van der Waals surface area contributed by atoms with Crippen LogP contribution in [0.25, 0.3) is 4.85 Å². The van der Waals surface area contributed by atoms with Crippen LogP contribution in [0.3, 0.4) is 0 Å². The predicted octanol–water partition coefficient (Wildman–Crippen LogP) is 8.24. The van der Waals surface area contributed by atoms with E-state index in [1.54, 1.807) is 0 Å². The molecule has 1 aliphatic carbocycles. The highest BCUT2D eigenvalue weighted by atomic mass is 15.2. The number of rotatable bonds is 3. The molecule has 1 fully saturated rings. The predicted molar refractivity (Wildman–Crippen MR) is 177 cm³/mol. The van der Waals surface area contributed by atoms with Gasteiger partial charge in [0.25, 0.3) is 6.71 Å². The van der Waals surface area contributed by atoms with Gasteiger partial charge in [0.05, 0.1) is 18.2 Å². The molecule has 5 aromatic carbocycles. The second-order valence-corrected chi connectivity index (χ2v) is 11.8. The lowest BCUT2D eigenvalue weighted by Gasteiger charge is -2.45. The maximum atomic E-state index is 9.95. The van der Waals surface area contributed by atoms with Crippen molar-refractivity contribution in [3.05, 3.63) is 132 Å². The van der Waals surface area contributed by atoms with Crippen molar-refractivity contribution in [2.45, 2.75) is 38.0 Å². The first-order valence-electron chi connectivity index (χ1n) is 15.2. The number of nitriles is 1. The van der Waals surface area contributed by atoms with Crippen LogP contribution in [0, 0.1) is 17.9 Å². The molecule has 8 rings (SSSR count). The van der Waals surface area contributed by atoms with Gasteiger partial charge in [0.15, 0.2) is 5.69 Å². The molecule has 204 valence electrons. The Bertz CT molecular complexity index is 1940. The van der Waals surface area contributed by atoms with E-state index in [1.165, 1.54) is 65.4 Å². The van der Waals surface area contributed by atoms with Crippen LogP contribution >= 0.6 is 0 Å². The molecule has 0 radical (unpaired) electrons. The normalized spacial score (nSPS) is 15.2. The van der Waals surface area contributed by atoms with Gasteiger partial charge in [0, 0.05) is 34.1 Å². The molecule has 4 nitrogen and oxygen atoms in total. The van der Waals surface area contributed by atoms with Gasteiger partial charge < -0.3 is 9.80 Å². The lowest BCUT2D eigenvalue weighted by molar-refractivity contribution is 0.444. The summed E-state index contributed by atoms with van der Waals surface area (Å²) in [7, 11) is 0. The molecule has 0 spiro atoms. The molecule has 0 bridgehead atoms. The van der Waals surface area contributed by atoms with Crippen LogP contribution in [0.5, 0.6) is 0 Å².